The van der Waals surface area contributed by atoms with Crippen molar-refractivity contribution >= 4 is 7.37 Å². The lowest BCUT2D eigenvalue weighted by atomic mass is 9.91. The van der Waals surface area contributed by atoms with Gasteiger partial charge < -0.3 is 15.3 Å². The van der Waals surface area contributed by atoms with E-state index in [-0.39, 0.29) is 6.16 Å². The van der Waals surface area contributed by atoms with Crippen LogP contribution in [0, 0.1) is 19.8 Å². The maximum atomic E-state index is 12.4. The summed E-state index contributed by atoms with van der Waals surface area (Å²) >= 11 is 0. The highest BCUT2D eigenvalue weighted by atomic mass is 31.2. The minimum Gasteiger partial charge on any atom is -0.391 e. The van der Waals surface area contributed by atoms with Crippen molar-refractivity contribution in [2.75, 3.05) is 18.9 Å². The predicted molar refractivity (Wildman–Crippen MR) is 99.8 cm³/mol. The summed E-state index contributed by atoms with van der Waals surface area (Å²) in [6.45, 7) is 5.18. The average Bonchev–Trinajstić information content (AvgIpc) is 2.50. The smallest absolute Gasteiger partial charge is 0.203 e. The molecular weight excluding hydrogens is 321 g/mol. The number of aryl methyl sites for hydroxylation is 2. The number of nitrogens with one attached hydrogen (secondary N) is 1. The molecule has 0 spiro atoms. The third-order valence-electron chi connectivity index (χ3n) is 5.04. The number of aliphatic hydroxyl groups excluding tert-OH is 1. The van der Waals surface area contributed by atoms with Crippen LogP contribution < -0.4 is 5.32 Å². The van der Waals surface area contributed by atoms with Gasteiger partial charge in [-0.1, -0.05) is 37.5 Å². The van der Waals surface area contributed by atoms with E-state index in [4.69, 9.17) is 0 Å². The van der Waals surface area contributed by atoms with Crippen molar-refractivity contribution in [3.63, 3.8) is 0 Å². The van der Waals surface area contributed by atoms with E-state index in [1.165, 1.54) is 36.0 Å². The molecule has 0 amide bonds. The summed E-state index contributed by atoms with van der Waals surface area (Å²) in [5, 5.41) is 13.3. The van der Waals surface area contributed by atoms with E-state index < -0.39 is 13.5 Å². The van der Waals surface area contributed by atoms with Gasteiger partial charge in [-0.15, -0.1) is 0 Å². The van der Waals surface area contributed by atoms with Crippen molar-refractivity contribution in [1.29, 1.82) is 0 Å². The van der Waals surface area contributed by atoms with Gasteiger partial charge in [-0.25, -0.2) is 0 Å². The molecule has 0 aromatic heterocycles. The first-order valence-corrected chi connectivity index (χ1v) is 11.1. The quantitative estimate of drug-likeness (QED) is 0.625. The monoisotopic (exact) mass is 353 g/mol. The topological polar surface area (TPSA) is 69.6 Å². The second-order valence-electron chi connectivity index (χ2n) is 7.42. The Bertz CT molecular complexity index is 570. The predicted octanol–water partition coefficient (Wildman–Crippen LogP) is 3.60. The Balaban J connectivity index is 1.72. The van der Waals surface area contributed by atoms with Gasteiger partial charge >= 0.3 is 0 Å². The molecule has 1 aromatic carbocycles. The molecule has 0 heterocycles. The molecule has 2 rings (SSSR count). The van der Waals surface area contributed by atoms with Gasteiger partial charge in [-0.2, -0.15) is 0 Å². The molecule has 0 bridgehead atoms. The first-order valence-electron chi connectivity index (χ1n) is 9.11. The normalized spacial score (nSPS) is 19.8. The Labute approximate surface area is 146 Å². The van der Waals surface area contributed by atoms with Crippen molar-refractivity contribution in [2.45, 2.75) is 58.6 Å². The molecule has 1 aliphatic rings. The van der Waals surface area contributed by atoms with E-state index in [2.05, 4.69) is 37.4 Å². The molecule has 1 aliphatic carbocycles. The molecule has 0 radical (unpaired) electrons. The highest BCUT2D eigenvalue weighted by Gasteiger charge is 2.27. The van der Waals surface area contributed by atoms with Crippen LogP contribution in [0.15, 0.2) is 18.2 Å². The van der Waals surface area contributed by atoms with Crippen molar-refractivity contribution in [1.82, 2.24) is 5.32 Å². The zero-order valence-electron chi connectivity index (χ0n) is 15.0. The fourth-order valence-corrected chi connectivity index (χ4v) is 5.65. The standard InChI is InChI=1S/C19H32NO3P/c1-15-8-9-18(10-16(15)2)11-20-12-19(21)14-24(22,23)13-17-6-4-3-5-7-17/h8-10,17,19-21H,3-7,11-14H2,1-2H3,(H,22,23). The zero-order valence-corrected chi connectivity index (χ0v) is 15.9. The summed E-state index contributed by atoms with van der Waals surface area (Å²) in [5.74, 6) is 0.366. The Hall–Kier alpha value is -0.670. The Morgan fingerprint density at radius 2 is 1.92 bits per heavy atom. The lowest BCUT2D eigenvalue weighted by Crippen LogP contribution is -2.30. The highest BCUT2D eigenvalue weighted by molar-refractivity contribution is 7.58. The molecular formula is C19H32NO3P. The van der Waals surface area contributed by atoms with Crippen LogP contribution in [-0.4, -0.2) is 35.0 Å². The fourth-order valence-electron chi connectivity index (χ4n) is 3.54. The van der Waals surface area contributed by atoms with Gasteiger partial charge in [0.1, 0.15) is 0 Å². The Morgan fingerprint density at radius 1 is 1.21 bits per heavy atom. The van der Waals surface area contributed by atoms with Crippen molar-refractivity contribution in [3.8, 4) is 0 Å². The number of aliphatic hydroxyl groups is 1. The summed E-state index contributed by atoms with van der Waals surface area (Å²) in [6, 6.07) is 6.30. The van der Waals surface area contributed by atoms with Gasteiger partial charge in [-0.3, -0.25) is 4.57 Å². The van der Waals surface area contributed by atoms with Crippen LogP contribution in [0.5, 0.6) is 0 Å². The third kappa shape index (κ3) is 6.68. The Morgan fingerprint density at radius 3 is 2.58 bits per heavy atom. The van der Waals surface area contributed by atoms with Crippen LogP contribution in [0.4, 0.5) is 0 Å². The first-order chi connectivity index (χ1) is 11.4. The maximum absolute atomic E-state index is 12.4. The number of rotatable bonds is 8. The van der Waals surface area contributed by atoms with Crippen LogP contribution in [0.25, 0.3) is 0 Å². The minimum absolute atomic E-state index is 0.00340. The molecule has 0 aliphatic heterocycles. The number of hydrogen-bond acceptors (Lipinski definition) is 3. The van der Waals surface area contributed by atoms with E-state index in [0.29, 0.717) is 25.2 Å². The summed E-state index contributed by atoms with van der Waals surface area (Å²) in [6.07, 6.45) is 5.32. The first kappa shape index (κ1) is 19.7. The summed E-state index contributed by atoms with van der Waals surface area (Å²) < 4.78 is 12.4. The molecule has 136 valence electrons. The molecule has 1 fully saturated rings. The summed E-state index contributed by atoms with van der Waals surface area (Å²) in [7, 11) is -3.23. The van der Waals surface area contributed by atoms with Gasteiger partial charge in [0.2, 0.25) is 7.37 Å². The summed E-state index contributed by atoms with van der Waals surface area (Å²) in [4.78, 5) is 10.2. The van der Waals surface area contributed by atoms with Crippen LogP contribution in [0.1, 0.15) is 48.8 Å². The van der Waals surface area contributed by atoms with Crippen LogP contribution in [-0.2, 0) is 11.1 Å². The maximum Gasteiger partial charge on any atom is 0.203 e. The van der Waals surface area contributed by atoms with E-state index >= 15 is 0 Å². The van der Waals surface area contributed by atoms with Crippen LogP contribution >= 0.6 is 7.37 Å². The Kier molecular flexibility index (Phi) is 7.49. The van der Waals surface area contributed by atoms with Crippen molar-refractivity contribution in [2.24, 2.45) is 5.92 Å². The van der Waals surface area contributed by atoms with Crippen molar-refractivity contribution < 1.29 is 14.6 Å². The van der Waals surface area contributed by atoms with Gasteiger partial charge in [0.25, 0.3) is 0 Å². The molecule has 2 atom stereocenters. The molecule has 5 heteroatoms. The van der Waals surface area contributed by atoms with E-state index in [9.17, 15) is 14.6 Å². The fraction of sp³-hybridized carbons (Fsp3) is 0.684. The average molecular weight is 353 g/mol. The molecule has 24 heavy (non-hydrogen) atoms. The van der Waals surface area contributed by atoms with Crippen molar-refractivity contribution in [3.05, 3.63) is 34.9 Å². The molecule has 0 saturated heterocycles. The second kappa shape index (κ2) is 9.15. The molecule has 4 nitrogen and oxygen atoms in total. The molecule has 1 aromatic rings. The molecule has 1 saturated carbocycles. The van der Waals surface area contributed by atoms with Gasteiger partial charge in [0, 0.05) is 19.3 Å². The van der Waals surface area contributed by atoms with Gasteiger partial charge in [-0.05, 0) is 49.3 Å². The lowest BCUT2D eigenvalue weighted by molar-refractivity contribution is 0.189. The minimum atomic E-state index is -3.23. The largest absolute Gasteiger partial charge is 0.391 e. The van der Waals surface area contributed by atoms with Crippen LogP contribution in [0.3, 0.4) is 0 Å². The van der Waals surface area contributed by atoms with E-state index in [0.717, 1.165) is 12.8 Å². The van der Waals surface area contributed by atoms with Crippen LogP contribution in [0.2, 0.25) is 0 Å². The number of hydrogen-bond donors (Lipinski definition) is 3. The van der Waals surface area contributed by atoms with E-state index in [1.807, 2.05) is 0 Å². The zero-order chi connectivity index (χ0) is 17.6. The van der Waals surface area contributed by atoms with Gasteiger partial charge in [0.05, 0.1) is 12.3 Å². The van der Waals surface area contributed by atoms with E-state index in [1.54, 1.807) is 0 Å². The van der Waals surface area contributed by atoms with Gasteiger partial charge in [0.15, 0.2) is 0 Å². The lowest BCUT2D eigenvalue weighted by Gasteiger charge is -2.25. The second-order valence-corrected chi connectivity index (χ2v) is 9.84. The molecule has 2 unspecified atom stereocenters. The third-order valence-corrected chi connectivity index (χ3v) is 7.12. The number of benzene rings is 1. The summed E-state index contributed by atoms with van der Waals surface area (Å²) in [5.41, 5.74) is 3.68. The highest BCUT2D eigenvalue weighted by Crippen LogP contribution is 2.45. The molecule has 3 N–H and O–H groups in total. The SMILES string of the molecule is Cc1ccc(CNCC(O)CP(=O)(O)CC2CCCCC2)cc1C.